The monoisotopic (exact) mass is 329 g/mol. The highest BCUT2D eigenvalue weighted by atomic mass is 17.3. The van der Waals surface area contributed by atoms with Gasteiger partial charge in [-0.1, -0.05) is 13.3 Å². The molecule has 0 aromatic heterocycles. The highest BCUT2D eigenvalue weighted by molar-refractivity contribution is 6.18. The average Bonchev–Trinajstić information content (AvgIpc) is 2.69. The van der Waals surface area contributed by atoms with Crippen LogP contribution >= 0.6 is 0 Å². The molecule has 1 rings (SSSR count). The van der Waals surface area contributed by atoms with E-state index < -0.39 is 11.6 Å². The number of amides is 2. The molecule has 23 heavy (non-hydrogen) atoms. The van der Waals surface area contributed by atoms with Crippen molar-refractivity contribution in [2.24, 2.45) is 0 Å². The van der Waals surface area contributed by atoms with Crippen molar-refractivity contribution >= 4 is 11.8 Å². The summed E-state index contributed by atoms with van der Waals surface area (Å²) in [4.78, 5) is 36.2. The molecule has 0 saturated carbocycles. The molecule has 1 heterocycles. The molecule has 0 atom stereocenters. The lowest BCUT2D eigenvalue weighted by atomic mass is 10.0. The Hall–Kier alpha value is -1.28. The second-order valence-corrected chi connectivity index (χ2v) is 6.21. The maximum absolute atomic E-state index is 12.2. The van der Waals surface area contributed by atoms with Gasteiger partial charge in [0.25, 0.3) is 11.8 Å². The van der Waals surface area contributed by atoms with Crippen LogP contribution in [0.1, 0.15) is 47.5 Å². The van der Waals surface area contributed by atoms with Gasteiger partial charge in [-0.25, -0.2) is 4.89 Å². The largest absolute Gasteiger partial charge is 0.330 e. The van der Waals surface area contributed by atoms with Crippen LogP contribution in [0, 0.1) is 0 Å². The molecule has 0 bridgehead atoms. The summed E-state index contributed by atoms with van der Waals surface area (Å²) in [6.45, 7) is 8.76. The molecule has 0 unspecified atom stereocenters. The molecule has 0 aromatic carbocycles. The lowest BCUT2D eigenvalue weighted by Crippen LogP contribution is -2.51. The van der Waals surface area contributed by atoms with Crippen molar-refractivity contribution in [3.63, 3.8) is 0 Å². The van der Waals surface area contributed by atoms with Gasteiger partial charge in [-0.05, 0) is 34.1 Å². The van der Waals surface area contributed by atoms with E-state index in [0.717, 1.165) is 17.7 Å². The second kappa shape index (κ2) is 7.53. The van der Waals surface area contributed by atoms with Crippen LogP contribution in [0.4, 0.5) is 0 Å². The molecular formula is C16H27NO6. The molecule has 0 aliphatic carbocycles. The zero-order valence-electron chi connectivity index (χ0n) is 15.0. The molecule has 1 aliphatic heterocycles. The predicted molar refractivity (Wildman–Crippen MR) is 83.0 cm³/mol. The van der Waals surface area contributed by atoms with Crippen LogP contribution in [0.25, 0.3) is 0 Å². The molecule has 0 aromatic rings. The molecule has 0 N–H and O–H groups in total. The Morgan fingerprint density at radius 3 is 1.83 bits per heavy atom. The molecule has 0 spiro atoms. The van der Waals surface area contributed by atoms with Crippen LogP contribution in [0.2, 0.25) is 0 Å². The minimum Gasteiger partial charge on any atom is -0.328 e. The number of hydrogen-bond donors (Lipinski definition) is 0. The van der Waals surface area contributed by atoms with Gasteiger partial charge in [-0.3, -0.25) is 14.5 Å². The number of nitrogens with zero attached hydrogens (tertiary/aromatic N) is 1. The summed E-state index contributed by atoms with van der Waals surface area (Å²) in [7, 11) is 2.72. The Morgan fingerprint density at radius 2 is 1.43 bits per heavy atom. The Kier molecular flexibility index (Phi) is 6.47. The summed E-state index contributed by atoms with van der Waals surface area (Å²) in [5, 5.41) is 0. The normalized spacial score (nSPS) is 16.7. The fourth-order valence-electron chi connectivity index (χ4n) is 2.28. The summed E-state index contributed by atoms with van der Waals surface area (Å²) >= 11 is 0. The zero-order chi connectivity index (χ0) is 17.8. The van der Waals surface area contributed by atoms with E-state index in [9.17, 15) is 9.59 Å². The van der Waals surface area contributed by atoms with Crippen LogP contribution in [-0.4, -0.2) is 49.1 Å². The third-order valence-electron chi connectivity index (χ3n) is 3.91. The predicted octanol–water partition coefficient (Wildman–Crippen LogP) is 2.17. The van der Waals surface area contributed by atoms with Crippen LogP contribution in [0.15, 0.2) is 11.1 Å². The fraction of sp³-hybridized carbons (Fsp3) is 0.750. The van der Waals surface area contributed by atoms with E-state index in [-0.39, 0.29) is 18.4 Å². The van der Waals surface area contributed by atoms with Crippen molar-refractivity contribution < 1.29 is 28.8 Å². The first-order chi connectivity index (χ1) is 10.6. The molecule has 0 fully saturated rings. The first-order valence-corrected chi connectivity index (χ1v) is 7.64. The van der Waals surface area contributed by atoms with Gasteiger partial charge >= 0.3 is 5.97 Å². The van der Waals surface area contributed by atoms with E-state index in [4.69, 9.17) is 19.2 Å². The standard InChI is InChI=1S/C16H27NO6/c1-8-9-15(4,5)22-23-16(20-6,21-7)10-17-13(18)11(2)12(3)14(17)19/h8-10H2,1-7H3. The van der Waals surface area contributed by atoms with Gasteiger partial charge in [0.15, 0.2) is 0 Å². The number of carbonyl (C=O) groups excluding carboxylic acids is 2. The summed E-state index contributed by atoms with van der Waals surface area (Å²) in [5.74, 6) is -2.45. The van der Waals surface area contributed by atoms with E-state index in [0.29, 0.717) is 11.1 Å². The summed E-state index contributed by atoms with van der Waals surface area (Å²) in [5.41, 5.74) is 0.256. The van der Waals surface area contributed by atoms with E-state index in [2.05, 4.69) is 0 Å². The van der Waals surface area contributed by atoms with Crippen molar-refractivity contribution in [3.8, 4) is 0 Å². The Bertz CT molecular complexity index is 469. The summed E-state index contributed by atoms with van der Waals surface area (Å²) in [6, 6.07) is 0. The van der Waals surface area contributed by atoms with Crippen LogP contribution in [-0.2, 0) is 28.8 Å². The minimum absolute atomic E-state index is 0.228. The number of imide groups is 1. The van der Waals surface area contributed by atoms with Crippen molar-refractivity contribution in [3.05, 3.63) is 11.1 Å². The number of carbonyl (C=O) groups is 2. The maximum Gasteiger partial charge on any atom is 0.330 e. The maximum atomic E-state index is 12.2. The van der Waals surface area contributed by atoms with Gasteiger partial charge in [0, 0.05) is 25.4 Å². The highest BCUT2D eigenvalue weighted by Crippen LogP contribution is 2.27. The van der Waals surface area contributed by atoms with Gasteiger partial charge in [-0.2, -0.15) is 4.89 Å². The van der Waals surface area contributed by atoms with Gasteiger partial charge < -0.3 is 9.47 Å². The number of methoxy groups -OCH3 is 2. The third kappa shape index (κ3) is 4.38. The first-order valence-electron chi connectivity index (χ1n) is 7.64. The van der Waals surface area contributed by atoms with Crippen molar-refractivity contribution in [1.29, 1.82) is 0 Å². The number of hydrogen-bond acceptors (Lipinski definition) is 6. The van der Waals surface area contributed by atoms with Crippen molar-refractivity contribution in [1.82, 2.24) is 4.90 Å². The Morgan fingerprint density at radius 1 is 0.957 bits per heavy atom. The van der Waals surface area contributed by atoms with E-state index >= 15 is 0 Å². The Labute approximate surface area is 137 Å². The molecule has 0 saturated heterocycles. The van der Waals surface area contributed by atoms with E-state index in [1.807, 2.05) is 20.8 Å². The lowest BCUT2D eigenvalue weighted by Gasteiger charge is -2.34. The molecule has 7 heteroatoms. The minimum atomic E-state index is -1.68. The molecule has 7 nitrogen and oxygen atoms in total. The second-order valence-electron chi connectivity index (χ2n) is 6.21. The van der Waals surface area contributed by atoms with Crippen molar-refractivity contribution in [2.45, 2.75) is 59.0 Å². The lowest BCUT2D eigenvalue weighted by molar-refractivity contribution is -0.520. The summed E-state index contributed by atoms with van der Waals surface area (Å²) in [6.07, 6.45) is 1.67. The van der Waals surface area contributed by atoms with Gasteiger partial charge in [0.2, 0.25) is 0 Å². The van der Waals surface area contributed by atoms with E-state index in [1.165, 1.54) is 14.2 Å². The molecule has 132 valence electrons. The SMILES string of the molecule is CCCC(C)(C)OOC(CN1C(=O)C(C)=C(C)C1=O)(OC)OC. The fourth-order valence-corrected chi connectivity index (χ4v) is 2.28. The average molecular weight is 329 g/mol. The van der Waals surface area contributed by atoms with E-state index in [1.54, 1.807) is 13.8 Å². The molecule has 2 amide bonds. The topological polar surface area (TPSA) is 74.3 Å². The molecule has 0 radical (unpaired) electrons. The number of ether oxygens (including phenoxy) is 2. The van der Waals surface area contributed by atoms with Crippen LogP contribution < -0.4 is 0 Å². The van der Waals surface area contributed by atoms with Gasteiger partial charge in [0.1, 0.15) is 6.54 Å². The van der Waals surface area contributed by atoms with Crippen molar-refractivity contribution in [2.75, 3.05) is 20.8 Å². The Balaban J connectivity index is 2.87. The first kappa shape index (κ1) is 19.8. The van der Waals surface area contributed by atoms with Crippen LogP contribution in [0.3, 0.4) is 0 Å². The molecular weight excluding hydrogens is 302 g/mol. The van der Waals surface area contributed by atoms with Gasteiger partial charge in [0.05, 0.1) is 5.60 Å². The van der Waals surface area contributed by atoms with Crippen LogP contribution in [0.5, 0.6) is 0 Å². The van der Waals surface area contributed by atoms with Gasteiger partial charge in [-0.15, -0.1) is 0 Å². The quantitative estimate of drug-likeness (QED) is 0.279. The smallest absolute Gasteiger partial charge is 0.328 e. The number of rotatable bonds is 9. The highest BCUT2D eigenvalue weighted by Gasteiger charge is 2.44. The summed E-state index contributed by atoms with van der Waals surface area (Å²) < 4.78 is 10.5. The zero-order valence-corrected chi connectivity index (χ0v) is 15.0. The third-order valence-corrected chi connectivity index (χ3v) is 3.91. The molecule has 1 aliphatic rings.